The fourth-order valence-electron chi connectivity index (χ4n) is 7.14. The molecule has 0 radical (unpaired) electrons. The highest BCUT2D eigenvalue weighted by atomic mass is 127. The van der Waals surface area contributed by atoms with E-state index in [0.29, 0.717) is 0 Å². The maximum absolute atomic E-state index is 2.39. The minimum atomic E-state index is -0.311. The first-order chi connectivity index (χ1) is 23.2. The van der Waals surface area contributed by atoms with E-state index < -0.39 is 0 Å². The van der Waals surface area contributed by atoms with Crippen molar-refractivity contribution in [1.82, 2.24) is 0 Å². The van der Waals surface area contributed by atoms with E-state index in [1.807, 2.05) is 22.7 Å². The molecule has 0 unspecified atom stereocenters. The van der Waals surface area contributed by atoms with Crippen LogP contribution in [0.5, 0.6) is 0 Å². The van der Waals surface area contributed by atoms with Crippen LogP contribution in [0, 0.1) is 5.77 Å². The fraction of sp³-hybridized carbons (Fsp3) is 0. The molecule has 0 nitrogen and oxygen atoms in total. The molecule has 2 aromatic heterocycles. The topological polar surface area (TPSA) is 0 Å². The molecule has 47 heavy (non-hydrogen) atoms. The molecule has 2 heterocycles. The van der Waals surface area contributed by atoms with Crippen LogP contribution in [0.2, 0.25) is 0 Å². The Morgan fingerprint density at radius 2 is 0.660 bits per heavy atom. The Labute approximate surface area is 290 Å². The van der Waals surface area contributed by atoms with E-state index in [1.165, 1.54) is 91.3 Å². The monoisotopic (exact) mass is 745 g/mol. The molecule has 0 aliphatic rings. The van der Waals surface area contributed by atoms with Crippen molar-refractivity contribution in [1.29, 1.82) is 0 Å². The SMILES string of the molecule is c1ccc2cc3c(-c4ccc([I+]c5ccc(-c6c7ccccc7cc7cc8ccccc8cc67)s5)s4)c4ccccc4cc3cc2c1. The van der Waals surface area contributed by atoms with Gasteiger partial charge in [-0.25, -0.2) is 0 Å². The third-order valence-corrected chi connectivity index (χ3v) is 15.2. The van der Waals surface area contributed by atoms with Gasteiger partial charge in [0.15, 0.2) is 0 Å². The Bertz CT molecular complexity index is 2630. The fourth-order valence-corrected chi connectivity index (χ4v) is 13.6. The second-order valence-electron chi connectivity index (χ2n) is 12.1. The van der Waals surface area contributed by atoms with Gasteiger partial charge in [-0.05, 0) is 113 Å². The lowest BCUT2D eigenvalue weighted by Crippen LogP contribution is -3.61. The Hall–Kier alpha value is -4.55. The van der Waals surface area contributed by atoms with Crippen molar-refractivity contribution >= 4 is 87.3 Å². The summed E-state index contributed by atoms with van der Waals surface area (Å²) in [4.78, 5) is 2.72. The second kappa shape index (κ2) is 11.0. The van der Waals surface area contributed by atoms with Gasteiger partial charge in [-0.15, -0.1) is 0 Å². The summed E-state index contributed by atoms with van der Waals surface area (Å²) in [6.45, 7) is 0. The molecule has 220 valence electrons. The Morgan fingerprint density at radius 3 is 1.11 bits per heavy atom. The van der Waals surface area contributed by atoms with Crippen molar-refractivity contribution in [2.75, 3.05) is 0 Å². The van der Waals surface area contributed by atoms with Gasteiger partial charge in [0.25, 0.3) is 0 Å². The van der Waals surface area contributed by atoms with E-state index in [0.717, 1.165) is 0 Å². The summed E-state index contributed by atoms with van der Waals surface area (Å²) in [5.41, 5.74) is 2.73. The molecule has 0 aliphatic heterocycles. The van der Waals surface area contributed by atoms with Gasteiger partial charge in [0, 0.05) is 33.0 Å². The van der Waals surface area contributed by atoms with Gasteiger partial charge >= 0.3 is 21.2 Å². The molecule has 0 atom stereocenters. The van der Waals surface area contributed by atoms with E-state index in [-0.39, 0.29) is 21.2 Å². The molecule has 0 aliphatic carbocycles. The summed E-state index contributed by atoms with van der Waals surface area (Å²) in [6.07, 6.45) is 0. The first kappa shape index (κ1) is 27.6. The summed E-state index contributed by atoms with van der Waals surface area (Å²) < 4.78 is 3.01. The van der Waals surface area contributed by atoms with Crippen molar-refractivity contribution in [3.8, 4) is 20.9 Å². The molecular weight excluding hydrogens is 720 g/mol. The summed E-state index contributed by atoms with van der Waals surface area (Å²) in [5.74, 6) is 0. The highest BCUT2D eigenvalue weighted by Crippen LogP contribution is 2.41. The average molecular weight is 746 g/mol. The maximum atomic E-state index is 2.39. The van der Waals surface area contributed by atoms with Gasteiger partial charge in [-0.3, -0.25) is 0 Å². The summed E-state index contributed by atoms with van der Waals surface area (Å²) in [7, 11) is 0. The number of fused-ring (bicyclic) bond motifs is 6. The lowest BCUT2D eigenvalue weighted by molar-refractivity contribution is -0.585. The molecule has 0 amide bonds. The number of hydrogen-bond acceptors (Lipinski definition) is 2. The summed E-state index contributed by atoms with van der Waals surface area (Å²) in [5, 5.41) is 15.7. The first-order valence-corrected chi connectivity index (χ1v) is 19.6. The molecule has 0 spiro atoms. The largest absolute Gasteiger partial charge is 0.381 e. The summed E-state index contributed by atoms with van der Waals surface area (Å²) in [6, 6.07) is 58.9. The maximum Gasteiger partial charge on any atom is 0.381 e. The Balaban J connectivity index is 1.08. The van der Waals surface area contributed by atoms with E-state index >= 15 is 0 Å². The number of thiophene rings is 2. The third-order valence-electron chi connectivity index (χ3n) is 9.28. The van der Waals surface area contributed by atoms with Crippen molar-refractivity contribution < 1.29 is 21.2 Å². The van der Waals surface area contributed by atoms with E-state index in [1.54, 1.807) is 0 Å². The van der Waals surface area contributed by atoms with Gasteiger partial charge < -0.3 is 0 Å². The average Bonchev–Trinajstić information content (AvgIpc) is 3.77. The van der Waals surface area contributed by atoms with Gasteiger partial charge in [0.1, 0.15) is 0 Å². The molecule has 3 heteroatoms. The molecule has 0 fully saturated rings. The van der Waals surface area contributed by atoms with Crippen molar-refractivity contribution in [3.63, 3.8) is 0 Å². The van der Waals surface area contributed by atoms with E-state index in [9.17, 15) is 0 Å². The van der Waals surface area contributed by atoms with Gasteiger partial charge in [0.2, 0.25) is 5.77 Å². The molecule has 0 bridgehead atoms. The first-order valence-electron chi connectivity index (χ1n) is 15.8. The smallest absolute Gasteiger partial charge is 0.0875 e. The third kappa shape index (κ3) is 4.68. The molecule has 0 saturated carbocycles. The molecule has 8 aromatic carbocycles. The van der Waals surface area contributed by atoms with Crippen LogP contribution in [0.25, 0.3) is 85.5 Å². The standard InChI is InChI=1S/C44H26IS2/c1-3-11-29-25-37-33(21-27(29)9-1)23-31-13-5-7-15-35(31)43(37)39-17-19-41(46-39)45-42-20-18-40(47-42)44-36-16-8-6-14-32(36)24-34-22-28-10-2-4-12-30(28)26-38(34)44/h1-26H/q+1. The second-order valence-corrected chi connectivity index (χ2v) is 18.6. The molecule has 0 N–H and O–H groups in total. The van der Waals surface area contributed by atoms with E-state index in [4.69, 9.17) is 0 Å². The predicted octanol–water partition coefficient (Wildman–Crippen LogP) is 10.2. The van der Waals surface area contributed by atoms with E-state index in [2.05, 4.69) is 158 Å². The van der Waals surface area contributed by atoms with Crippen LogP contribution in [-0.2, 0) is 0 Å². The highest BCUT2D eigenvalue weighted by molar-refractivity contribution is 7.14. The zero-order valence-corrected chi connectivity index (χ0v) is 29.0. The van der Waals surface area contributed by atoms with Crippen LogP contribution < -0.4 is 21.2 Å². The highest BCUT2D eigenvalue weighted by Gasteiger charge is 2.24. The zero-order chi connectivity index (χ0) is 30.9. The van der Waals surface area contributed by atoms with Gasteiger partial charge in [-0.2, -0.15) is 0 Å². The lowest BCUT2D eigenvalue weighted by atomic mass is 9.93. The quantitative estimate of drug-likeness (QED) is 0.124. The number of rotatable bonds is 4. The Morgan fingerprint density at radius 1 is 0.298 bits per heavy atom. The minimum Gasteiger partial charge on any atom is -0.0875 e. The van der Waals surface area contributed by atoms with Crippen LogP contribution in [0.3, 0.4) is 0 Å². The molecular formula is C44H26IS2+. The Kier molecular flexibility index (Phi) is 6.46. The molecule has 10 aromatic rings. The normalized spacial score (nSPS) is 11.9. The van der Waals surface area contributed by atoms with Gasteiger partial charge in [-0.1, -0.05) is 120 Å². The summed E-state index contributed by atoms with van der Waals surface area (Å²) >= 11 is 3.66. The van der Waals surface area contributed by atoms with Crippen LogP contribution in [0.1, 0.15) is 0 Å². The number of hydrogen-bond donors (Lipinski definition) is 0. The van der Waals surface area contributed by atoms with Crippen LogP contribution in [-0.4, -0.2) is 0 Å². The van der Waals surface area contributed by atoms with Crippen molar-refractivity contribution in [2.24, 2.45) is 0 Å². The predicted molar refractivity (Wildman–Crippen MR) is 202 cm³/mol. The minimum absolute atomic E-state index is 0.311. The van der Waals surface area contributed by atoms with Crippen molar-refractivity contribution in [2.45, 2.75) is 0 Å². The number of halogens is 1. The van der Waals surface area contributed by atoms with Gasteiger partial charge in [0.05, 0.1) is 0 Å². The zero-order valence-electron chi connectivity index (χ0n) is 25.2. The van der Waals surface area contributed by atoms with Crippen molar-refractivity contribution in [3.05, 3.63) is 163 Å². The van der Waals surface area contributed by atoms with Crippen LogP contribution >= 0.6 is 22.7 Å². The molecule has 10 rings (SSSR count). The van der Waals surface area contributed by atoms with Crippen LogP contribution in [0.15, 0.2) is 158 Å². The van der Waals surface area contributed by atoms with Crippen LogP contribution in [0.4, 0.5) is 0 Å². The lowest BCUT2D eigenvalue weighted by Gasteiger charge is -2.11. The number of benzene rings is 8. The molecule has 0 saturated heterocycles.